The number of aliphatic hydroxyl groups is 1. The van der Waals surface area contributed by atoms with Gasteiger partial charge in [0.1, 0.15) is 11.7 Å². The van der Waals surface area contributed by atoms with Gasteiger partial charge in [-0.3, -0.25) is 15.0 Å². The molecule has 1 aromatic heterocycles. The summed E-state index contributed by atoms with van der Waals surface area (Å²) in [4.78, 5) is 21.6. The Hall–Kier alpha value is -2.82. The Bertz CT molecular complexity index is 1140. The lowest BCUT2D eigenvalue weighted by molar-refractivity contribution is -0.132. The third-order valence-electron chi connectivity index (χ3n) is 5.69. The van der Waals surface area contributed by atoms with Crippen molar-refractivity contribution in [1.29, 1.82) is 0 Å². The predicted octanol–water partition coefficient (Wildman–Crippen LogP) is 2.17. The number of hydroxylamine groups is 1. The molecule has 1 amide bonds. The van der Waals surface area contributed by atoms with E-state index in [0.29, 0.717) is 17.8 Å². The number of benzene rings is 1. The van der Waals surface area contributed by atoms with E-state index in [1.165, 1.54) is 12.4 Å². The third kappa shape index (κ3) is 4.82. The fourth-order valence-electron chi connectivity index (χ4n) is 3.47. The lowest BCUT2D eigenvalue weighted by atomic mass is 9.95. The number of aromatic nitrogens is 1. The SMILES string of the molecule is CC(C)(O)c1cc(-c2ccc(C3=NOC(C[C@](C)(C(=O)NO)S(C)(=O)=O)C3)cc2)ccn1. The number of carbonyl (C=O) groups excluding carboxylic acids is 1. The normalized spacial score (nSPS) is 18.4. The average molecular weight is 462 g/mol. The number of oxime groups is 1. The maximum absolute atomic E-state index is 12.2. The Morgan fingerprint density at radius 2 is 1.78 bits per heavy atom. The highest BCUT2D eigenvalue weighted by atomic mass is 32.2. The third-order valence-corrected chi connectivity index (χ3v) is 7.68. The Kier molecular flexibility index (Phi) is 6.41. The smallest absolute Gasteiger partial charge is 0.264 e. The van der Waals surface area contributed by atoms with Gasteiger partial charge < -0.3 is 9.94 Å². The van der Waals surface area contributed by atoms with E-state index < -0.39 is 32.2 Å². The highest BCUT2D eigenvalue weighted by Crippen LogP contribution is 2.30. The number of hydrogen-bond donors (Lipinski definition) is 3. The molecule has 32 heavy (non-hydrogen) atoms. The highest BCUT2D eigenvalue weighted by molar-refractivity contribution is 7.92. The van der Waals surface area contributed by atoms with Crippen LogP contribution in [0, 0.1) is 0 Å². The van der Waals surface area contributed by atoms with Crippen LogP contribution in [0.3, 0.4) is 0 Å². The molecule has 0 radical (unpaired) electrons. The standard InChI is InChI=1S/C22H27N3O6S/c1-21(2,27)19-11-16(9-10-23-19)14-5-7-15(8-6-14)18-12-17(31-25-18)13-22(3,20(26)24-28)32(4,29)30/h5-11,17,27-28H,12-13H2,1-4H3,(H,24,26)/t17?,22-/m1/s1. The van der Waals surface area contributed by atoms with Crippen molar-refractivity contribution in [3.05, 3.63) is 53.9 Å². The number of rotatable bonds is 7. The minimum atomic E-state index is -3.82. The van der Waals surface area contributed by atoms with Crippen LogP contribution in [0.4, 0.5) is 0 Å². The molecule has 0 saturated carbocycles. The van der Waals surface area contributed by atoms with E-state index in [2.05, 4.69) is 10.1 Å². The zero-order chi connectivity index (χ0) is 23.7. The zero-order valence-corrected chi connectivity index (χ0v) is 19.2. The molecule has 1 aromatic carbocycles. The molecule has 9 nitrogen and oxygen atoms in total. The summed E-state index contributed by atoms with van der Waals surface area (Å²) in [5, 5.41) is 23.2. The van der Waals surface area contributed by atoms with Gasteiger partial charge in [0.15, 0.2) is 14.6 Å². The molecule has 0 fully saturated rings. The van der Waals surface area contributed by atoms with E-state index in [0.717, 1.165) is 22.9 Å². The van der Waals surface area contributed by atoms with E-state index in [1.54, 1.807) is 20.0 Å². The maximum atomic E-state index is 12.2. The largest absolute Gasteiger partial charge is 0.392 e. The number of amides is 1. The van der Waals surface area contributed by atoms with Crippen molar-refractivity contribution in [2.24, 2.45) is 5.16 Å². The number of pyridine rings is 1. The first-order valence-electron chi connectivity index (χ1n) is 10.0. The molecule has 10 heteroatoms. The Labute approximate surface area is 187 Å². The molecule has 0 bridgehead atoms. The molecule has 0 aliphatic carbocycles. The van der Waals surface area contributed by atoms with Crippen LogP contribution in [0.2, 0.25) is 0 Å². The monoisotopic (exact) mass is 461 g/mol. The summed E-state index contributed by atoms with van der Waals surface area (Å²) >= 11 is 0. The topological polar surface area (TPSA) is 138 Å². The van der Waals surface area contributed by atoms with Crippen LogP contribution in [0.1, 0.15) is 44.9 Å². The molecule has 2 aromatic rings. The van der Waals surface area contributed by atoms with Crippen LogP contribution >= 0.6 is 0 Å². The minimum absolute atomic E-state index is 0.153. The van der Waals surface area contributed by atoms with Crippen LogP contribution in [0.15, 0.2) is 47.8 Å². The summed E-state index contributed by atoms with van der Waals surface area (Å²) in [5.74, 6) is -1.01. The van der Waals surface area contributed by atoms with Crippen LogP contribution in [-0.4, -0.2) is 52.4 Å². The molecule has 3 N–H and O–H groups in total. The average Bonchev–Trinajstić information content (AvgIpc) is 3.20. The van der Waals surface area contributed by atoms with Gasteiger partial charge in [0, 0.05) is 25.3 Å². The zero-order valence-electron chi connectivity index (χ0n) is 18.4. The maximum Gasteiger partial charge on any atom is 0.264 e. The van der Waals surface area contributed by atoms with Gasteiger partial charge in [-0.2, -0.15) is 0 Å². The molecule has 172 valence electrons. The molecule has 2 heterocycles. The number of carbonyl (C=O) groups is 1. The van der Waals surface area contributed by atoms with Crippen LogP contribution in [0.25, 0.3) is 11.1 Å². The second kappa shape index (κ2) is 8.61. The van der Waals surface area contributed by atoms with E-state index >= 15 is 0 Å². The minimum Gasteiger partial charge on any atom is -0.392 e. The molecule has 3 rings (SSSR count). The molecule has 0 spiro atoms. The summed E-state index contributed by atoms with van der Waals surface area (Å²) in [6.45, 7) is 4.60. The Morgan fingerprint density at radius 1 is 1.16 bits per heavy atom. The molecular formula is C22H27N3O6S. The van der Waals surface area contributed by atoms with E-state index in [1.807, 2.05) is 36.4 Å². The lowest BCUT2D eigenvalue weighted by Gasteiger charge is -2.26. The van der Waals surface area contributed by atoms with Crippen LogP contribution in [-0.2, 0) is 25.1 Å². The van der Waals surface area contributed by atoms with Crippen LogP contribution < -0.4 is 5.48 Å². The summed E-state index contributed by atoms with van der Waals surface area (Å²) in [5.41, 5.74) is 4.23. The van der Waals surface area contributed by atoms with E-state index in [4.69, 9.17) is 10.0 Å². The van der Waals surface area contributed by atoms with Gasteiger partial charge >= 0.3 is 0 Å². The molecule has 0 saturated heterocycles. The molecule has 1 aliphatic heterocycles. The van der Waals surface area contributed by atoms with Crippen molar-refractivity contribution in [3.63, 3.8) is 0 Å². The quantitative estimate of drug-likeness (QED) is 0.424. The summed E-state index contributed by atoms with van der Waals surface area (Å²) in [6, 6.07) is 11.3. The van der Waals surface area contributed by atoms with Gasteiger partial charge in [0.2, 0.25) is 0 Å². The van der Waals surface area contributed by atoms with E-state index in [9.17, 15) is 18.3 Å². The van der Waals surface area contributed by atoms with Crippen molar-refractivity contribution >= 4 is 21.5 Å². The lowest BCUT2D eigenvalue weighted by Crippen LogP contribution is -2.51. The number of hydrogen-bond acceptors (Lipinski definition) is 8. The van der Waals surface area contributed by atoms with Crippen molar-refractivity contribution in [2.75, 3.05) is 6.26 Å². The number of nitrogens with one attached hydrogen (secondary N) is 1. The summed E-state index contributed by atoms with van der Waals surface area (Å²) < 4.78 is 22.5. The van der Waals surface area contributed by atoms with Crippen molar-refractivity contribution in [3.8, 4) is 11.1 Å². The summed E-state index contributed by atoms with van der Waals surface area (Å²) in [6.07, 6.45) is 2.13. The van der Waals surface area contributed by atoms with Gasteiger partial charge in [0.05, 0.1) is 11.4 Å². The predicted molar refractivity (Wildman–Crippen MR) is 119 cm³/mol. The highest BCUT2D eigenvalue weighted by Gasteiger charge is 2.47. The van der Waals surface area contributed by atoms with Crippen molar-refractivity contribution < 1.29 is 28.4 Å². The number of sulfone groups is 1. The molecular weight excluding hydrogens is 434 g/mol. The van der Waals surface area contributed by atoms with Gasteiger partial charge in [-0.15, -0.1) is 0 Å². The fourth-order valence-corrected chi connectivity index (χ4v) is 4.34. The van der Waals surface area contributed by atoms with Crippen molar-refractivity contribution in [1.82, 2.24) is 10.5 Å². The Balaban J connectivity index is 1.74. The van der Waals surface area contributed by atoms with E-state index in [-0.39, 0.29) is 6.42 Å². The first kappa shape index (κ1) is 23.8. The number of nitrogens with zero attached hydrogens (tertiary/aromatic N) is 2. The van der Waals surface area contributed by atoms with Gasteiger partial charge in [-0.05, 0) is 49.6 Å². The van der Waals surface area contributed by atoms with Crippen LogP contribution in [0.5, 0.6) is 0 Å². The fraction of sp³-hybridized carbons (Fsp3) is 0.409. The Morgan fingerprint density at radius 3 is 2.34 bits per heavy atom. The summed E-state index contributed by atoms with van der Waals surface area (Å²) in [7, 11) is -3.82. The molecule has 1 aliphatic rings. The second-order valence-electron chi connectivity index (χ2n) is 8.68. The van der Waals surface area contributed by atoms with Gasteiger partial charge in [0.25, 0.3) is 5.91 Å². The molecule has 2 atom stereocenters. The van der Waals surface area contributed by atoms with Gasteiger partial charge in [-0.1, -0.05) is 29.4 Å². The van der Waals surface area contributed by atoms with Gasteiger partial charge in [-0.25, -0.2) is 13.9 Å². The first-order chi connectivity index (χ1) is 14.8. The first-order valence-corrected chi connectivity index (χ1v) is 11.9. The second-order valence-corrected chi connectivity index (χ2v) is 11.1. The molecule has 1 unspecified atom stereocenters. The van der Waals surface area contributed by atoms with Crippen molar-refractivity contribution in [2.45, 2.75) is 50.1 Å².